The smallest absolute Gasteiger partial charge is 0.267 e. The summed E-state index contributed by atoms with van der Waals surface area (Å²) in [6.07, 6.45) is 1.14. The minimum absolute atomic E-state index is 0.0759. The first-order chi connectivity index (χ1) is 14.7. The molecule has 2 aromatic carbocycles. The third-order valence-corrected chi connectivity index (χ3v) is 6.53. The van der Waals surface area contributed by atoms with Gasteiger partial charge in [-0.05, 0) is 37.1 Å². The lowest BCUT2D eigenvalue weighted by molar-refractivity contribution is -0.142. The fraction of sp³-hybridized carbons (Fsp3) is 0.318. The van der Waals surface area contributed by atoms with Crippen LogP contribution in [0.5, 0.6) is 11.5 Å². The number of amides is 1. The van der Waals surface area contributed by atoms with Gasteiger partial charge < -0.3 is 14.4 Å². The van der Waals surface area contributed by atoms with Crippen LogP contribution in [0.3, 0.4) is 0 Å². The van der Waals surface area contributed by atoms with Gasteiger partial charge in [0, 0.05) is 24.6 Å². The van der Waals surface area contributed by atoms with E-state index in [0.717, 1.165) is 17.8 Å². The summed E-state index contributed by atoms with van der Waals surface area (Å²) in [6, 6.07) is 13.9. The Hall–Kier alpha value is -3.00. The maximum atomic E-state index is 14.1. The number of fused-ring (bicyclic) bond motifs is 1. The van der Waals surface area contributed by atoms with E-state index < -0.39 is 6.10 Å². The second-order valence-electron chi connectivity index (χ2n) is 7.41. The third kappa shape index (κ3) is 3.63. The molecule has 3 aromatic rings. The molecule has 8 heteroatoms. The van der Waals surface area contributed by atoms with E-state index >= 15 is 0 Å². The lowest BCUT2D eigenvalue weighted by Gasteiger charge is -2.35. The average molecular weight is 425 g/mol. The Balaban J connectivity index is 1.29. The number of carbonyl (C=O) groups excluding carboxylic acids is 1. The van der Waals surface area contributed by atoms with E-state index in [-0.39, 0.29) is 24.2 Å². The maximum Gasteiger partial charge on any atom is 0.267 e. The van der Waals surface area contributed by atoms with Crippen molar-refractivity contribution in [3.05, 3.63) is 59.4 Å². The Labute approximate surface area is 177 Å². The van der Waals surface area contributed by atoms with Crippen molar-refractivity contribution in [3.8, 4) is 22.1 Å². The summed E-state index contributed by atoms with van der Waals surface area (Å²) >= 11 is 1.39. The number of hydrogen-bond donors (Lipinski definition) is 0. The molecular weight excluding hydrogens is 405 g/mol. The molecule has 0 spiro atoms. The lowest BCUT2D eigenvalue weighted by Crippen LogP contribution is -2.49. The number of aromatic nitrogens is 2. The first-order valence-corrected chi connectivity index (χ1v) is 10.8. The van der Waals surface area contributed by atoms with Crippen LogP contribution in [-0.4, -0.2) is 46.8 Å². The summed E-state index contributed by atoms with van der Waals surface area (Å²) in [5.74, 6) is 0.947. The first kappa shape index (κ1) is 19.0. The SMILES string of the molecule is O=C([C@@H]1COc2ccccc2O1)N1CCC[C@H](c2nnc(-c3ccccc3F)s2)C1. The predicted octanol–water partition coefficient (Wildman–Crippen LogP) is 3.89. The van der Waals surface area contributed by atoms with E-state index in [1.54, 1.807) is 24.3 Å². The van der Waals surface area contributed by atoms with E-state index in [1.807, 2.05) is 23.1 Å². The van der Waals surface area contributed by atoms with Crippen LogP contribution >= 0.6 is 11.3 Å². The van der Waals surface area contributed by atoms with Gasteiger partial charge in [0.15, 0.2) is 16.5 Å². The monoisotopic (exact) mass is 425 g/mol. The van der Waals surface area contributed by atoms with Gasteiger partial charge in [-0.25, -0.2) is 4.39 Å². The highest BCUT2D eigenvalue weighted by molar-refractivity contribution is 7.14. The predicted molar refractivity (Wildman–Crippen MR) is 110 cm³/mol. The zero-order valence-corrected chi connectivity index (χ0v) is 17.0. The number of benzene rings is 2. The molecule has 1 aromatic heterocycles. The van der Waals surface area contributed by atoms with Gasteiger partial charge in [-0.3, -0.25) is 4.79 Å². The van der Waals surface area contributed by atoms with Crippen LogP contribution in [0.4, 0.5) is 4.39 Å². The molecule has 154 valence electrons. The van der Waals surface area contributed by atoms with Crippen molar-refractivity contribution < 1.29 is 18.7 Å². The number of halogens is 1. The standard InChI is InChI=1S/C22H20FN3O3S/c23-16-8-2-1-7-15(16)21-25-24-20(30-21)14-6-5-11-26(12-14)22(27)19-13-28-17-9-3-4-10-18(17)29-19/h1-4,7-10,14,19H,5-6,11-13H2/t14-,19-/m0/s1. The van der Waals surface area contributed by atoms with Crippen LogP contribution in [0.25, 0.3) is 10.6 Å². The summed E-state index contributed by atoms with van der Waals surface area (Å²) in [7, 11) is 0. The van der Waals surface area contributed by atoms with Gasteiger partial charge in [0.2, 0.25) is 6.10 Å². The number of carbonyl (C=O) groups is 1. The molecule has 0 saturated carbocycles. The van der Waals surface area contributed by atoms with E-state index in [1.165, 1.54) is 17.4 Å². The van der Waals surface area contributed by atoms with Crippen molar-refractivity contribution in [3.63, 3.8) is 0 Å². The van der Waals surface area contributed by atoms with Crippen molar-refractivity contribution in [2.75, 3.05) is 19.7 Å². The summed E-state index contributed by atoms with van der Waals surface area (Å²) < 4.78 is 25.6. The van der Waals surface area contributed by atoms with E-state index in [2.05, 4.69) is 10.2 Å². The first-order valence-electron chi connectivity index (χ1n) is 9.94. The van der Waals surface area contributed by atoms with Crippen molar-refractivity contribution in [1.82, 2.24) is 15.1 Å². The number of rotatable bonds is 3. The topological polar surface area (TPSA) is 64.6 Å². The molecule has 1 amide bonds. The Bertz CT molecular complexity index is 1070. The number of nitrogens with zero attached hydrogens (tertiary/aromatic N) is 3. The summed E-state index contributed by atoms with van der Waals surface area (Å²) in [4.78, 5) is 14.9. The average Bonchev–Trinajstić information content (AvgIpc) is 3.29. The Morgan fingerprint density at radius 1 is 1.10 bits per heavy atom. The molecular formula is C22H20FN3O3S. The summed E-state index contributed by atoms with van der Waals surface area (Å²) in [5.41, 5.74) is 0.455. The fourth-order valence-electron chi connectivity index (χ4n) is 3.87. The number of ether oxygens (including phenoxy) is 2. The largest absolute Gasteiger partial charge is 0.485 e. The molecule has 0 radical (unpaired) electrons. The van der Waals surface area contributed by atoms with Crippen LogP contribution in [0.2, 0.25) is 0 Å². The zero-order valence-electron chi connectivity index (χ0n) is 16.2. The third-order valence-electron chi connectivity index (χ3n) is 5.41. The Morgan fingerprint density at radius 3 is 2.77 bits per heavy atom. The normalized spacial score (nSPS) is 20.8. The highest BCUT2D eigenvalue weighted by Gasteiger charge is 2.34. The van der Waals surface area contributed by atoms with Gasteiger partial charge >= 0.3 is 0 Å². The second kappa shape index (κ2) is 8.02. The molecule has 0 N–H and O–H groups in total. The minimum atomic E-state index is -0.651. The molecule has 3 heterocycles. The molecule has 0 aliphatic carbocycles. The van der Waals surface area contributed by atoms with Gasteiger partial charge in [-0.2, -0.15) is 0 Å². The van der Waals surface area contributed by atoms with Crippen molar-refractivity contribution in [2.45, 2.75) is 24.9 Å². The molecule has 0 bridgehead atoms. The number of hydrogen-bond acceptors (Lipinski definition) is 6. The van der Waals surface area contributed by atoms with Crippen LogP contribution in [0, 0.1) is 5.82 Å². The minimum Gasteiger partial charge on any atom is -0.485 e. The van der Waals surface area contributed by atoms with Crippen molar-refractivity contribution >= 4 is 17.2 Å². The number of piperidine rings is 1. The van der Waals surface area contributed by atoms with Gasteiger partial charge in [0.05, 0.1) is 0 Å². The fourth-order valence-corrected chi connectivity index (χ4v) is 4.86. The van der Waals surface area contributed by atoms with Crippen molar-refractivity contribution in [1.29, 1.82) is 0 Å². The van der Waals surface area contributed by atoms with Crippen LogP contribution in [0.15, 0.2) is 48.5 Å². The molecule has 30 heavy (non-hydrogen) atoms. The zero-order chi connectivity index (χ0) is 20.5. The Kier molecular flexibility index (Phi) is 5.08. The number of likely N-dealkylation sites (tertiary alicyclic amines) is 1. The number of para-hydroxylation sites is 2. The van der Waals surface area contributed by atoms with E-state index in [0.29, 0.717) is 35.2 Å². The van der Waals surface area contributed by atoms with E-state index in [4.69, 9.17) is 9.47 Å². The van der Waals surface area contributed by atoms with E-state index in [9.17, 15) is 9.18 Å². The maximum absolute atomic E-state index is 14.1. The molecule has 0 unspecified atom stereocenters. The molecule has 1 fully saturated rings. The molecule has 2 aliphatic rings. The van der Waals surface area contributed by atoms with Gasteiger partial charge in [0.1, 0.15) is 17.4 Å². The van der Waals surface area contributed by atoms with Gasteiger partial charge in [-0.15, -0.1) is 10.2 Å². The molecule has 2 aliphatic heterocycles. The molecule has 1 saturated heterocycles. The highest BCUT2D eigenvalue weighted by atomic mass is 32.1. The quantitative estimate of drug-likeness (QED) is 0.637. The molecule has 2 atom stereocenters. The Morgan fingerprint density at radius 2 is 1.90 bits per heavy atom. The second-order valence-corrected chi connectivity index (χ2v) is 8.42. The molecule has 5 rings (SSSR count). The van der Waals surface area contributed by atoms with Gasteiger partial charge in [-0.1, -0.05) is 35.6 Å². The van der Waals surface area contributed by atoms with Crippen LogP contribution < -0.4 is 9.47 Å². The summed E-state index contributed by atoms with van der Waals surface area (Å²) in [6.45, 7) is 1.43. The lowest BCUT2D eigenvalue weighted by atomic mass is 9.98. The highest BCUT2D eigenvalue weighted by Crippen LogP contribution is 2.35. The van der Waals surface area contributed by atoms with Gasteiger partial charge in [0.25, 0.3) is 5.91 Å². The summed E-state index contributed by atoms with van der Waals surface area (Å²) in [5, 5.41) is 9.88. The van der Waals surface area contributed by atoms with Crippen molar-refractivity contribution in [2.24, 2.45) is 0 Å². The van der Waals surface area contributed by atoms with Crippen LogP contribution in [0.1, 0.15) is 23.8 Å². The molecule has 6 nitrogen and oxygen atoms in total. The van der Waals surface area contributed by atoms with Crippen LogP contribution in [-0.2, 0) is 4.79 Å².